The van der Waals surface area contributed by atoms with Gasteiger partial charge in [0.2, 0.25) is 0 Å². The molecule has 1 aromatic carbocycles. The molecule has 1 fully saturated rings. The average Bonchev–Trinajstić information content (AvgIpc) is 2.54. The van der Waals surface area contributed by atoms with Crippen molar-refractivity contribution in [1.82, 2.24) is 0 Å². The number of piperidine rings is 1. The van der Waals surface area contributed by atoms with E-state index in [-0.39, 0.29) is 18.5 Å². The smallest absolute Gasteiger partial charge is 0.172 e. The molecule has 1 atom stereocenters. The van der Waals surface area contributed by atoms with Crippen molar-refractivity contribution in [3.8, 4) is 5.75 Å². The molecule has 0 saturated carbocycles. The first kappa shape index (κ1) is 15.4. The van der Waals surface area contributed by atoms with Gasteiger partial charge in [0.1, 0.15) is 5.75 Å². The van der Waals surface area contributed by atoms with E-state index in [1.165, 1.54) is 0 Å². The molecule has 1 aliphatic rings. The van der Waals surface area contributed by atoms with E-state index < -0.39 is 0 Å². The molecule has 4 N–H and O–H groups in total. The van der Waals surface area contributed by atoms with Crippen LogP contribution in [-0.2, 0) is 0 Å². The molecule has 0 aliphatic carbocycles. The minimum Gasteiger partial charge on any atom is -0.497 e. The molecule has 0 aromatic heterocycles. The third-order valence-corrected chi connectivity index (χ3v) is 3.99. The Kier molecular flexibility index (Phi) is 5.27. The second-order valence-electron chi connectivity index (χ2n) is 5.22. The van der Waals surface area contributed by atoms with E-state index in [1.807, 2.05) is 6.07 Å². The van der Waals surface area contributed by atoms with Crippen molar-refractivity contribution >= 4 is 11.5 Å². The minimum absolute atomic E-state index is 0.0842. The Balaban J connectivity index is 2.42. The molecular weight excluding hydrogens is 270 g/mol. The first-order valence-electron chi connectivity index (χ1n) is 7.24. The summed E-state index contributed by atoms with van der Waals surface area (Å²) in [5.74, 6) is 0.814. The summed E-state index contributed by atoms with van der Waals surface area (Å²) in [7, 11) is 1.61. The number of oxime groups is 1. The van der Waals surface area contributed by atoms with Crippen molar-refractivity contribution < 1.29 is 15.1 Å². The van der Waals surface area contributed by atoms with E-state index in [4.69, 9.17) is 15.7 Å². The average molecular weight is 293 g/mol. The molecule has 1 aromatic rings. The van der Waals surface area contributed by atoms with E-state index in [9.17, 15) is 5.11 Å². The van der Waals surface area contributed by atoms with Crippen LogP contribution in [-0.4, -0.2) is 42.5 Å². The quantitative estimate of drug-likeness (QED) is 0.331. The van der Waals surface area contributed by atoms with Crippen LogP contribution < -0.4 is 15.4 Å². The predicted octanol–water partition coefficient (Wildman–Crippen LogP) is 1.53. The number of aliphatic hydroxyl groups excluding tert-OH is 1. The Bertz CT molecular complexity index is 503. The number of anilines is 1. The highest BCUT2D eigenvalue weighted by atomic mass is 16.5. The predicted molar refractivity (Wildman–Crippen MR) is 82.2 cm³/mol. The highest BCUT2D eigenvalue weighted by Gasteiger charge is 2.25. The Morgan fingerprint density at radius 2 is 2.29 bits per heavy atom. The molecule has 21 heavy (non-hydrogen) atoms. The summed E-state index contributed by atoms with van der Waals surface area (Å²) in [6.45, 7) is 1.05. The van der Waals surface area contributed by atoms with E-state index in [2.05, 4.69) is 10.1 Å². The molecule has 116 valence electrons. The number of methoxy groups -OCH3 is 1. The Labute approximate surface area is 124 Å². The second-order valence-corrected chi connectivity index (χ2v) is 5.22. The van der Waals surface area contributed by atoms with Crippen LogP contribution in [0.2, 0.25) is 0 Å². The number of nitrogens with zero attached hydrogens (tertiary/aromatic N) is 2. The van der Waals surface area contributed by atoms with Crippen LogP contribution in [0.25, 0.3) is 0 Å². The molecule has 0 amide bonds. The van der Waals surface area contributed by atoms with E-state index in [1.54, 1.807) is 19.2 Å². The van der Waals surface area contributed by atoms with Gasteiger partial charge in [0.25, 0.3) is 0 Å². The maximum atomic E-state index is 9.27. The Hall–Kier alpha value is -1.95. The summed E-state index contributed by atoms with van der Waals surface area (Å²) >= 11 is 0. The summed E-state index contributed by atoms with van der Waals surface area (Å²) in [5, 5.41) is 21.4. The van der Waals surface area contributed by atoms with Gasteiger partial charge in [-0.25, -0.2) is 0 Å². The molecule has 2 rings (SSSR count). The van der Waals surface area contributed by atoms with Gasteiger partial charge in [-0.1, -0.05) is 5.16 Å². The number of hydrogen-bond acceptors (Lipinski definition) is 5. The number of ether oxygens (including phenoxy) is 1. The van der Waals surface area contributed by atoms with Crippen molar-refractivity contribution in [1.29, 1.82) is 0 Å². The van der Waals surface area contributed by atoms with Gasteiger partial charge in [0.05, 0.1) is 12.8 Å². The van der Waals surface area contributed by atoms with Gasteiger partial charge < -0.3 is 25.7 Å². The number of aliphatic hydroxyl groups is 1. The molecule has 1 aliphatic heterocycles. The molecule has 1 heterocycles. The summed E-state index contributed by atoms with van der Waals surface area (Å²) in [4.78, 5) is 2.23. The Morgan fingerprint density at radius 3 is 2.95 bits per heavy atom. The number of nitrogens with two attached hydrogens (primary N) is 1. The van der Waals surface area contributed by atoms with Gasteiger partial charge in [-0.15, -0.1) is 0 Å². The van der Waals surface area contributed by atoms with Crippen molar-refractivity contribution in [3.05, 3.63) is 23.8 Å². The summed E-state index contributed by atoms with van der Waals surface area (Å²) in [6, 6.07) is 5.76. The highest BCUT2D eigenvalue weighted by molar-refractivity contribution is 6.02. The van der Waals surface area contributed by atoms with Crippen LogP contribution in [0.4, 0.5) is 5.69 Å². The fourth-order valence-corrected chi connectivity index (χ4v) is 2.91. The monoisotopic (exact) mass is 293 g/mol. The molecule has 0 bridgehead atoms. The summed E-state index contributed by atoms with van der Waals surface area (Å²) < 4.78 is 5.29. The van der Waals surface area contributed by atoms with Crippen LogP contribution in [0.3, 0.4) is 0 Å². The maximum absolute atomic E-state index is 9.27. The lowest BCUT2D eigenvalue weighted by Gasteiger charge is -2.38. The third kappa shape index (κ3) is 3.39. The molecule has 1 saturated heterocycles. The van der Waals surface area contributed by atoms with Crippen LogP contribution in [0, 0.1) is 0 Å². The third-order valence-electron chi connectivity index (χ3n) is 3.99. The van der Waals surface area contributed by atoms with Gasteiger partial charge in [-0.05, 0) is 37.8 Å². The number of hydrogen-bond donors (Lipinski definition) is 3. The SMILES string of the molecule is COc1ccc(/C(N)=N/O)c(N2CCCCC2CCO)c1. The molecule has 0 radical (unpaired) electrons. The molecular formula is C15H23N3O3. The first-order chi connectivity index (χ1) is 10.2. The highest BCUT2D eigenvalue weighted by Crippen LogP contribution is 2.32. The van der Waals surface area contributed by atoms with Gasteiger partial charge >= 0.3 is 0 Å². The summed E-state index contributed by atoms with van der Waals surface area (Å²) in [6.07, 6.45) is 4.00. The van der Waals surface area contributed by atoms with Gasteiger partial charge in [0, 0.05) is 30.8 Å². The van der Waals surface area contributed by atoms with Crippen molar-refractivity contribution in [2.24, 2.45) is 10.9 Å². The lowest BCUT2D eigenvalue weighted by atomic mass is 9.97. The zero-order chi connectivity index (χ0) is 15.2. The normalized spacial score (nSPS) is 19.6. The van der Waals surface area contributed by atoms with Crippen LogP contribution in [0.1, 0.15) is 31.2 Å². The minimum atomic E-state index is 0.0842. The fourth-order valence-electron chi connectivity index (χ4n) is 2.91. The number of benzene rings is 1. The fraction of sp³-hybridized carbons (Fsp3) is 0.533. The first-order valence-corrected chi connectivity index (χ1v) is 7.24. The van der Waals surface area contributed by atoms with Gasteiger partial charge in [-0.2, -0.15) is 0 Å². The van der Waals surface area contributed by atoms with Crippen LogP contribution in [0.5, 0.6) is 5.75 Å². The van der Waals surface area contributed by atoms with Crippen molar-refractivity contribution in [3.63, 3.8) is 0 Å². The number of amidine groups is 1. The van der Waals surface area contributed by atoms with E-state index >= 15 is 0 Å². The summed E-state index contributed by atoms with van der Waals surface area (Å²) in [5.41, 5.74) is 7.37. The van der Waals surface area contributed by atoms with Crippen molar-refractivity contribution in [2.45, 2.75) is 31.7 Å². The standard InChI is InChI=1S/C15H23N3O3/c1-21-12-5-6-13(15(16)17-20)14(10-12)18-8-3-2-4-11(18)7-9-19/h5-6,10-11,19-20H,2-4,7-9H2,1H3,(H2,16,17). The van der Waals surface area contributed by atoms with Gasteiger partial charge in [0.15, 0.2) is 5.84 Å². The number of rotatable bonds is 5. The van der Waals surface area contributed by atoms with Gasteiger partial charge in [-0.3, -0.25) is 0 Å². The topological polar surface area (TPSA) is 91.3 Å². The molecule has 6 heteroatoms. The molecule has 0 spiro atoms. The lowest BCUT2D eigenvalue weighted by molar-refractivity contribution is 0.262. The van der Waals surface area contributed by atoms with E-state index in [0.717, 1.165) is 37.2 Å². The zero-order valence-corrected chi connectivity index (χ0v) is 12.3. The molecule has 6 nitrogen and oxygen atoms in total. The van der Waals surface area contributed by atoms with Crippen LogP contribution >= 0.6 is 0 Å². The lowest BCUT2D eigenvalue weighted by Crippen LogP contribution is -2.41. The van der Waals surface area contributed by atoms with Crippen LogP contribution in [0.15, 0.2) is 23.4 Å². The maximum Gasteiger partial charge on any atom is 0.172 e. The second kappa shape index (κ2) is 7.17. The zero-order valence-electron chi connectivity index (χ0n) is 12.3. The molecule has 1 unspecified atom stereocenters. The largest absolute Gasteiger partial charge is 0.497 e. The Morgan fingerprint density at radius 1 is 1.48 bits per heavy atom. The van der Waals surface area contributed by atoms with Crippen molar-refractivity contribution in [2.75, 3.05) is 25.2 Å². The van der Waals surface area contributed by atoms with E-state index in [0.29, 0.717) is 12.0 Å².